The Bertz CT molecular complexity index is 167. The van der Waals surface area contributed by atoms with E-state index in [0.717, 1.165) is 5.56 Å². The smallest absolute Gasteiger partial charge is 0 e. The summed E-state index contributed by atoms with van der Waals surface area (Å²) in [7, 11) is 0. The van der Waals surface area contributed by atoms with E-state index in [-0.39, 0.29) is 21.1 Å². The van der Waals surface area contributed by atoms with Crippen molar-refractivity contribution in [2.45, 2.75) is 0 Å². The Morgan fingerprint density at radius 1 is 1.11 bits per heavy atom. The minimum absolute atomic E-state index is 0. The van der Waals surface area contributed by atoms with Crippen LogP contribution in [-0.4, -0.2) is 0 Å². The minimum Gasteiger partial charge on any atom is -0.292 e. The van der Waals surface area contributed by atoms with Crippen LogP contribution >= 0.6 is 0 Å². The zero-order valence-corrected chi connectivity index (χ0v) is 7.13. The summed E-state index contributed by atoms with van der Waals surface area (Å²) >= 11 is 0. The average Bonchev–Trinajstić information content (AvgIpc) is 1.90. The fourth-order valence-electron chi connectivity index (χ4n) is 0.564. The van der Waals surface area contributed by atoms with Gasteiger partial charge in [0.05, 0.1) is 0 Å². The van der Waals surface area contributed by atoms with Gasteiger partial charge >= 0.3 is 0 Å². The average molecular weight is 298 g/mol. The van der Waals surface area contributed by atoms with Crippen LogP contribution in [-0.2, 0) is 21.1 Å². The van der Waals surface area contributed by atoms with Crippen LogP contribution in [0, 0.1) is 6.58 Å². The van der Waals surface area contributed by atoms with Crippen LogP contribution in [0.15, 0.2) is 30.3 Å². The van der Waals surface area contributed by atoms with Gasteiger partial charge in [0.2, 0.25) is 0 Å². The molecule has 0 spiro atoms. The molecule has 0 heterocycles. The molecule has 1 heteroatoms. The maximum Gasteiger partial charge on any atom is 0 e. The topological polar surface area (TPSA) is 0 Å². The maximum absolute atomic E-state index is 5.22. The van der Waals surface area contributed by atoms with Crippen molar-refractivity contribution in [3.05, 3.63) is 42.5 Å². The Balaban J connectivity index is 0.000000640. The molecule has 0 aliphatic rings. The maximum atomic E-state index is 5.22. The summed E-state index contributed by atoms with van der Waals surface area (Å²) in [6.45, 7) is 5.22. The van der Waals surface area contributed by atoms with Crippen LogP contribution in [0.3, 0.4) is 0 Å². The first-order valence-corrected chi connectivity index (χ1v) is 2.53. The van der Waals surface area contributed by atoms with Crippen molar-refractivity contribution in [3.8, 4) is 0 Å². The Morgan fingerprint density at radius 3 is 2.00 bits per heavy atom. The fourth-order valence-corrected chi connectivity index (χ4v) is 0.564. The molecule has 0 amide bonds. The van der Waals surface area contributed by atoms with Crippen molar-refractivity contribution in [3.63, 3.8) is 0 Å². The summed E-state index contributed by atoms with van der Waals surface area (Å²) in [5.41, 5.74) is 1.06. The van der Waals surface area contributed by atoms with Crippen LogP contribution < -0.4 is 0 Å². The second-order valence-electron chi connectivity index (χ2n) is 1.58. The number of hydrogen-bond donors (Lipinski definition) is 0. The molecule has 0 saturated carbocycles. The van der Waals surface area contributed by atoms with E-state index in [4.69, 9.17) is 6.58 Å². The van der Waals surface area contributed by atoms with E-state index < -0.39 is 0 Å². The summed E-state index contributed by atoms with van der Waals surface area (Å²) in [4.78, 5) is 0. The quantitative estimate of drug-likeness (QED) is 0.697. The number of rotatable bonds is 1. The van der Waals surface area contributed by atoms with Gasteiger partial charge in [0, 0.05) is 21.1 Å². The molecule has 0 aromatic heterocycles. The molecule has 0 aliphatic heterocycles. The first-order chi connectivity index (χ1) is 3.93. The Morgan fingerprint density at radius 2 is 1.67 bits per heavy atom. The molecule has 1 rings (SSSR count). The molecular weight excluding hydrogens is 291 g/mol. The molecule has 0 N–H and O–H groups in total. The standard InChI is InChI=1S/C8H7.Pt/c1-2-8-6-4-3-5-7-8;/h1-7H;/q-1;. The van der Waals surface area contributed by atoms with Gasteiger partial charge in [0.25, 0.3) is 0 Å². The van der Waals surface area contributed by atoms with Gasteiger partial charge in [-0.05, 0) is 0 Å². The minimum atomic E-state index is 0. The molecule has 0 radical (unpaired) electrons. The van der Waals surface area contributed by atoms with Gasteiger partial charge in [-0.25, -0.2) is 6.08 Å². The van der Waals surface area contributed by atoms with E-state index in [1.807, 2.05) is 30.3 Å². The predicted molar refractivity (Wildman–Crippen MR) is 35.2 cm³/mol. The molecule has 50 valence electrons. The van der Waals surface area contributed by atoms with E-state index in [1.165, 1.54) is 0 Å². The van der Waals surface area contributed by atoms with E-state index in [1.54, 1.807) is 6.08 Å². The number of hydrogen-bond acceptors (Lipinski definition) is 0. The molecule has 0 bridgehead atoms. The molecule has 0 unspecified atom stereocenters. The molecule has 0 fully saturated rings. The van der Waals surface area contributed by atoms with Crippen LogP contribution in [0.1, 0.15) is 5.56 Å². The summed E-state index contributed by atoms with van der Waals surface area (Å²) < 4.78 is 0. The predicted octanol–water partition coefficient (Wildman–Crippen LogP) is 2.13. The Labute approximate surface area is 69.9 Å². The second-order valence-corrected chi connectivity index (χ2v) is 1.58. The van der Waals surface area contributed by atoms with Crippen molar-refractivity contribution >= 4 is 6.08 Å². The van der Waals surface area contributed by atoms with E-state index in [9.17, 15) is 0 Å². The summed E-state index contributed by atoms with van der Waals surface area (Å²) in [5, 5.41) is 0. The molecule has 0 nitrogen and oxygen atoms in total. The Hall–Kier alpha value is -0.352. The van der Waals surface area contributed by atoms with E-state index >= 15 is 0 Å². The van der Waals surface area contributed by atoms with Crippen molar-refractivity contribution in [1.82, 2.24) is 0 Å². The van der Waals surface area contributed by atoms with Crippen molar-refractivity contribution in [2.24, 2.45) is 0 Å². The molecule has 1 aromatic carbocycles. The molecule has 1 aromatic rings. The van der Waals surface area contributed by atoms with E-state index in [0.29, 0.717) is 0 Å². The third-order valence-electron chi connectivity index (χ3n) is 0.992. The molecule has 0 aliphatic carbocycles. The van der Waals surface area contributed by atoms with Gasteiger partial charge in [-0.3, -0.25) is 6.58 Å². The van der Waals surface area contributed by atoms with Gasteiger partial charge in [-0.2, -0.15) is 5.56 Å². The third-order valence-corrected chi connectivity index (χ3v) is 0.992. The van der Waals surface area contributed by atoms with Crippen LogP contribution in [0.25, 0.3) is 6.08 Å². The largest absolute Gasteiger partial charge is 0.292 e. The van der Waals surface area contributed by atoms with Crippen molar-refractivity contribution < 1.29 is 21.1 Å². The number of benzene rings is 1. The van der Waals surface area contributed by atoms with Crippen LogP contribution in [0.5, 0.6) is 0 Å². The van der Waals surface area contributed by atoms with Gasteiger partial charge < -0.3 is 0 Å². The van der Waals surface area contributed by atoms with Gasteiger partial charge in [0.1, 0.15) is 0 Å². The first kappa shape index (κ1) is 8.65. The SMILES string of the molecule is [CH-]=Cc1ccccc1.[Pt]. The molecule has 0 atom stereocenters. The monoisotopic (exact) mass is 298 g/mol. The zero-order valence-electron chi connectivity index (χ0n) is 4.86. The normalized spacial score (nSPS) is 7.56. The first-order valence-electron chi connectivity index (χ1n) is 2.53. The molecule has 9 heavy (non-hydrogen) atoms. The summed E-state index contributed by atoms with van der Waals surface area (Å²) in [6, 6.07) is 9.80. The van der Waals surface area contributed by atoms with Gasteiger partial charge in [0.15, 0.2) is 0 Å². The van der Waals surface area contributed by atoms with E-state index in [2.05, 4.69) is 0 Å². The van der Waals surface area contributed by atoms with Crippen LogP contribution in [0.2, 0.25) is 0 Å². The third kappa shape index (κ3) is 2.62. The van der Waals surface area contributed by atoms with Gasteiger partial charge in [-0.15, -0.1) is 12.1 Å². The summed E-state index contributed by atoms with van der Waals surface area (Å²) in [5.74, 6) is 0. The zero-order chi connectivity index (χ0) is 5.82. The summed E-state index contributed by atoms with van der Waals surface area (Å²) in [6.07, 6.45) is 1.58. The molecule has 0 saturated heterocycles. The van der Waals surface area contributed by atoms with Crippen molar-refractivity contribution in [2.75, 3.05) is 0 Å². The fraction of sp³-hybridized carbons (Fsp3) is 0. The Kier molecular flexibility index (Phi) is 4.34. The van der Waals surface area contributed by atoms with Crippen molar-refractivity contribution in [1.29, 1.82) is 0 Å². The second kappa shape index (κ2) is 4.52. The van der Waals surface area contributed by atoms with Gasteiger partial charge in [-0.1, -0.05) is 18.2 Å². The van der Waals surface area contributed by atoms with Crippen LogP contribution in [0.4, 0.5) is 0 Å². The molecular formula is C8H7Pt-.